The first kappa shape index (κ1) is 17.1. The van der Waals surface area contributed by atoms with E-state index < -0.39 is 10.0 Å². The molecule has 1 aromatic carbocycles. The van der Waals surface area contributed by atoms with Gasteiger partial charge in [-0.25, -0.2) is 13.1 Å². The Balaban J connectivity index is 2.11. The first-order valence-electron chi connectivity index (χ1n) is 7.67. The molecule has 0 radical (unpaired) electrons. The molecular formula is C16H25NO4S. The fourth-order valence-electron chi connectivity index (χ4n) is 3.05. The minimum absolute atomic E-state index is 0.212. The Labute approximate surface area is 133 Å². The number of rotatable bonds is 7. The van der Waals surface area contributed by atoms with Crippen molar-refractivity contribution in [3.05, 3.63) is 23.8 Å². The fourth-order valence-corrected chi connectivity index (χ4v) is 4.76. The van der Waals surface area contributed by atoms with E-state index >= 15 is 0 Å². The summed E-state index contributed by atoms with van der Waals surface area (Å²) in [7, 11) is -0.145. The van der Waals surface area contributed by atoms with E-state index in [1.165, 1.54) is 0 Å². The van der Waals surface area contributed by atoms with Gasteiger partial charge in [0.05, 0.1) is 20.0 Å². The average Bonchev–Trinajstić information content (AvgIpc) is 2.97. The highest BCUT2D eigenvalue weighted by molar-refractivity contribution is 7.89. The van der Waals surface area contributed by atoms with Crippen LogP contribution in [0.25, 0.3) is 0 Å². The van der Waals surface area contributed by atoms with Gasteiger partial charge in [0.1, 0.15) is 11.5 Å². The van der Waals surface area contributed by atoms with Crippen molar-refractivity contribution in [2.24, 2.45) is 5.92 Å². The Bertz CT molecular complexity index is 594. The largest absolute Gasteiger partial charge is 0.497 e. The Morgan fingerprint density at radius 3 is 2.50 bits per heavy atom. The maximum atomic E-state index is 12.3. The molecule has 2 rings (SSSR count). The third-order valence-electron chi connectivity index (χ3n) is 4.19. The Morgan fingerprint density at radius 2 is 1.91 bits per heavy atom. The summed E-state index contributed by atoms with van der Waals surface area (Å²) in [5.74, 6) is 1.83. The minimum atomic E-state index is -3.30. The van der Waals surface area contributed by atoms with Gasteiger partial charge in [0.25, 0.3) is 0 Å². The lowest BCUT2D eigenvalue weighted by Gasteiger charge is -2.19. The Hall–Kier alpha value is -1.27. The SMILES string of the molecule is COc1ccc(OC)c([C@@H](C)NS(=O)(=O)CC2CCCC2)c1. The van der Waals surface area contributed by atoms with Gasteiger partial charge in [0, 0.05) is 11.6 Å². The van der Waals surface area contributed by atoms with Crippen LogP contribution in [0.5, 0.6) is 11.5 Å². The zero-order valence-corrected chi connectivity index (χ0v) is 14.3. The number of nitrogens with one attached hydrogen (secondary N) is 1. The van der Waals surface area contributed by atoms with Gasteiger partial charge in [-0.05, 0) is 43.9 Å². The van der Waals surface area contributed by atoms with Crippen molar-refractivity contribution in [2.75, 3.05) is 20.0 Å². The molecular weight excluding hydrogens is 302 g/mol. The fraction of sp³-hybridized carbons (Fsp3) is 0.625. The second-order valence-electron chi connectivity index (χ2n) is 5.88. The molecule has 1 N–H and O–H groups in total. The summed E-state index contributed by atoms with van der Waals surface area (Å²) in [6.45, 7) is 1.82. The number of hydrogen-bond donors (Lipinski definition) is 1. The molecule has 1 atom stereocenters. The lowest BCUT2D eigenvalue weighted by Crippen LogP contribution is -2.31. The van der Waals surface area contributed by atoms with Crippen molar-refractivity contribution in [2.45, 2.75) is 38.6 Å². The average molecular weight is 327 g/mol. The topological polar surface area (TPSA) is 64.6 Å². The molecule has 0 unspecified atom stereocenters. The van der Waals surface area contributed by atoms with Crippen LogP contribution in [0.15, 0.2) is 18.2 Å². The molecule has 0 amide bonds. The predicted octanol–water partition coefficient (Wildman–Crippen LogP) is 2.87. The molecule has 0 saturated heterocycles. The molecule has 0 heterocycles. The van der Waals surface area contributed by atoms with Crippen LogP contribution in [0.4, 0.5) is 0 Å². The van der Waals surface area contributed by atoms with Gasteiger partial charge in [-0.3, -0.25) is 0 Å². The minimum Gasteiger partial charge on any atom is -0.497 e. The first-order chi connectivity index (χ1) is 10.4. The van der Waals surface area contributed by atoms with Crippen molar-refractivity contribution in [3.63, 3.8) is 0 Å². The molecule has 0 aromatic heterocycles. The standard InChI is InChI=1S/C16H25NO4S/c1-12(15-10-14(20-2)8-9-16(15)21-3)17-22(18,19)11-13-6-4-5-7-13/h8-10,12-13,17H,4-7,11H2,1-3H3/t12-/m1/s1. The van der Waals surface area contributed by atoms with E-state index in [-0.39, 0.29) is 17.7 Å². The maximum absolute atomic E-state index is 12.3. The monoisotopic (exact) mass is 327 g/mol. The third-order valence-corrected chi connectivity index (χ3v) is 5.81. The first-order valence-corrected chi connectivity index (χ1v) is 9.32. The third kappa shape index (κ3) is 4.36. The normalized spacial score (nSPS) is 17.4. The van der Waals surface area contributed by atoms with E-state index in [0.717, 1.165) is 31.2 Å². The molecule has 1 saturated carbocycles. The van der Waals surface area contributed by atoms with Crippen LogP contribution in [0.1, 0.15) is 44.2 Å². The van der Waals surface area contributed by atoms with E-state index in [1.54, 1.807) is 26.4 Å². The van der Waals surface area contributed by atoms with Crippen LogP contribution in [0.3, 0.4) is 0 Å². The zero-order valence-electron chi connectivity index (χ0n) is 13.5. The van der Waals surface area contributed by atoms with Crippen molar-refractivity contribution < 1.29 is 17.9 Å². The van der Waals surface area contributed by atoms with Gasteiger partial charge in [-0.2, -0.15) is 0 Å². The molecule has 1 aromatic rings. The quantitative estimate of drug-likeness (QED) is 0.836. The summed E-state index contributed by atoms with van der Waals surface area (Å²) in [6.07, 6.45) is 4.30. The highest BCUT2D eigenvalue weighted by Crippen LogP contribution is 2.30. The number of ether oxygens (including phenoxy) is 2. The zero-order chi connectivity index (χ0) is 16.2. The molecule has 1 fully saturated rings. The maximum Gasteiger partial charge on any atom is 0.212 e. The van der Waals surface area contributed by atoms with Gasteiger partial charge in [0.15, 0.2) is 0 Å². The van der Waals surface area contributed by atoms with Crippen LogP contribution in [-0.2, 0) is 10.0 Å². The van der Waals surface area contributed by atoms with Crippen molar-refractivity contribution in [1.29, 1.82) is 0 Å². The second kappa shape index (κ2) is 7.33. The number of methoxy groups -OCH3 is 2. The Kier molecular flexibility index (Phi) is 5.69. The van der Waals surface area contributed by atoms with E-state index in [0.29, 0.717) is 11.5 Å². The van der Waals surface area contributed by atoms with Crippen LogP contribution in [-0.4, -0.2) is 28.4 Å². The van der Waals surface area contributed by atoms with Gasteiger partial charge < -0.3 is 9.47 Å². The number of sulfonamides is 1. The van der Waals surface area contributed by atoms with E-state index in [4.69, 9.17) is 9.47 Å². The van der Waals surface area contributed by atoms with Crippen LogP contribution in [0.2, 0.25) is 0 Å². The smallest absolute Gasteiger partial charge is 0.212 e. The van der Waals surface area contributed by atoms with Gasteiger partial charge in [-0.1, -0.05) is 12.8 Å². The molecule has 5 nitrogen and oxygen atoms in total. The van der Waals surface area contributed by atoms with Crippen molar-refractivity contribution in [3.8, 4) is 11.5 Å². The number of benzene rings is 1. The lowest BCUT2D eigenvalue weighted by molar-refractivity contribution is 0.395. The van der Waals surface area contributed by atoms with E-state index in [1.807, 2.05) is 13.0 Å². The molecule has 1 aliphatic carbocycles. The summed E-state index contributed by atoms with van der Waals surface area (Å²) in [4.78, 5) is 0. The molecule has 0 aliphatic heterocycles. The summed E-state index contributed by atoms with van der Waals surface area (Å²) < 4.78 is 38.0. The highest BCUT2D eigenvalue weighted by Gasteiger charge is 2.25. The number of hydrogen-bond acceptors (Lipinski definition) is 4. The van der Waals surface area contributed by atoms with Crippen molar-refractivity contribution >= 4 is 10.0 Å². The molecule has 0 spiro atoms. The van der Waals surface area contributed by atoms with Crippen LogP contribution in [0, 0.1) is 5.92 Å². The lowest BCUT2D eigenvalue weighted by atomic mass is 10.1. The van der Waals surface area contributed by atoms with Crippen LogP contribution < -0.4 is 14.2 Å². The van der Waals surface area contributed by atoms with E-state index in [2.05, 4.69) is 4.72 Å². The van der Waals surface area contributed by atoms with Gasteiger partial charge in [0.2, 0.25) is 10.0 Å². The van der Waals surface area contributed by atoms with Gasteiger partial charge >= 0.3 is 0 Å². The molecule has 22 heavy (non-hydrogen) atoms. The highest BCUT2D eigenvalue weighted by atomic mass is 32.2. The Morgan fingerprint density at radius 1 is 1.23 bits per heavy atom. The van der Waals surface area contributed by atoms with Crippen LogP contribution >= 0.6 is 0 Å². The summed E-state index contributed by atoms with van der Waals surface area (Å²) in [6, 6.07) is 5.02. The van der Waals surface area contributed by atoms with Crippen molar-refractivity contribution in [1.82, 2.24) is 4.72 Å². The second-order valence-corrected chi connectivity index (χ2v) is 7.68. The summed E-state index contributed by atoms with van der Waals surface area (Å²) in [5, 5.41) is 0. The molecule has 6 heteroatoms. The molecule has 0 bridgehead atoms. The predicted molar refractivity (Wildman–Crippen MR) is 86.8 cm³/mol. The van der Waals surface area contributed by atoms with E-state index in [9.17, 15) is 8.42 Å². The summed E-state index contributed by atoms with van der Waals surface area (Å²) in [5.41, 5.74) is 0.775. The van der Waals surface area contributed by atoms with Gasteiger partial charge in [-0.15, -0.1) is 0 Å². The summed E-state index contributed by atoms with van der Waals surface area (Å²) >= 11 is 0. The molecule has 1 aliphatic rings. The molecule has 124 valence electrons.